The molecule has 2 fully saturated rings. The number of hydrogen-bond acceptors (Lipinski definition) is 6. The molecule has 34 heavy (non-hydrogen) atoms. The van der Waals surface area contributed by atoms with Gasteiger partial charge in [-0.1, -0.05) is 0 Å². The van der Waals surface area contributed by atoms with Gasteiger partial charge in [0.25, 0.3) is 0 Å². The lowest BCUT2D eigenvalue weighted by Crippen LogP contribution is -2.24. The zero-order valence-corrected chi connectivity index (χ0v) is 18.6. The van der Waals surface area contributed by atoms with E-state index in [2.05, 4.69) is 11.1 Å². The predicted molar refractivity (Wildman–Crippen MR) is 118 cm³/mol. The largest absolute Gasteiger partial charge is 0.496 e. The van der Waals surface area contributed by atoms with Crippen LogP contribution in [-0.2, 0) is 10.2 Å². The number of carbonyl (C=O) groups excluding carboxylic acids is 1. The highest BCUT2D eigenvalue weighted by molar-refractivity contribution is 6.02. The highest BCUT2D eigenvalue weighted by Gasteiger charge is 2.37. The number of alkyl halides is 2. The van der Waals surface area contributed by atoms with Crippen LogP contribution in [0, 0.1) is 17.2 Å². The van der Waals surface area contributed by atoms with Crippen molar-refractivity contribution in [1.29, 1.82) is 5.26 Å². The van der Waals surface area contributed by atoms with Crippen LogP contribution in [0.1, 0.15) is 41.6 Å². The second-order valence-electron chi connectivity index (χ2n) is 8.78. The normalized spacial score (nSPS) is 20.0. The number of aromatic nitrogens is 2. The van der Waals surface area contributed by atoms with E-state index in [0.717, 1.165) is 18.4 Å². The van der Waals surface area contributed by atoms with Crippen LogP contribution in [0.25, 0.3) is 16.9 Å². The smallest absolute Gasteiger partial charge is 0.387 e. The maximum atomic E-state index is 13.2. The van der Waals surface area contributed by atoms with Gasteiger partial charge >= 0.3 is 6.61 Å². The summed E-state index contributed by atoms with van der Waals surface area (Å²) < 4.78 is 43.9. The molecule has 1 aromatic carbocycles. The monoisotopic (exact) mass is 467 g/mol. The Kier molecular flexibility index (Phi) is 5.70. The molecule has 3 heterocycles. The summed E-state index contributed by atoms with van der Waals surface area (Å²) in [6.07, 6.45) is 6.19. The summed E-state index contributed by atoms with van der Waals surface area (Å²) in [6.45, 7) is -2.24. The van der Waals surface area contributed by atoms with E-state index in [1.807, 2.05) is 12.1 Å². The number of nitrogens with zero attached hydrogens (tertiary/aromatic N) is 3. The molecule has 0 bridgehead atoms. The molecule has 5 rings (SSSR count). The molecule has 1 saturated heterocycles. The third kappa shape index (κ3) is 3.99. The van der Waals surface area contributed by atoms with Crippen molar-refractivity contribution in [2.45, 2.75) is 37.7 Å². The van der Waals surface area contributed by atoms with Gasteiger partial charge in [-0.3, -0.25) is 9.20 Å². The zero-order valence-electron chi connectivity index (χ0n) is 18.6. The van der Waals surface area contributed by atoms with Crippen molar-refractivity contribution in [3.05, 3.63) is 47.8 Å². The lowest BCUT2D eigenvalue weighted by molar-refractivity contribution is -0.0502. The Balaban J connectivity index is 1.58. The van der Waals surface area contributed by atoms with Crippen molar-refractivity contribution >= 4 is 11.4 Å². The Morgan fingerprint density at radius 1 is 1.35 bits per heavy atom. The molecular weight excluding hydrogens is 444 g/mol. The number of imidazole rings is 1. The van der Waals surface area contributed by atoms with E-state index in [1.165, 1.54) is 13.2 Å². The topological polar surface area (TPSA) is 85.8 Å². The lowest BCUT2D eigenvalue weighted by Gasteiger charge is -2.19. The van der Waals surface area contributed by atoms with Crippen LogP contribution in [0.15, 0.2) is 36.7 Å². The van der Waals surface area contributed by atoms with E-state index in [-0.39, 0.29) is 35.2 Å². The minimum Gasteiger partial charge on any atom is -0.496 e. The Labute approximate surface area is 194 Å². The number of benzene rings is 1. The summed E-state index contributed by atoms with van der Waals surface area (Å²) in [4.78, 5) is 17.3. The van der Waals surface area contributed by atoms with Crippen molar-refractivity contribution in [2.24, 2.45) is 5.92 Å². The van der Waals surface area contributed by atoms with Gasteiger partial charge in [-0.25, -0.2) is 4.98 Å². The Hall–Kier alpha value is -3.51. The number of ether oxygens (including phenoxy) is 3. The quantitative estimate of drug-likeness (QED) is 0.444. The highest BCUT2D eigenvalue weighted by atomic mass is 19.3. The fraction of sp³-hybridized carbons (Fsp3) is 0.400. The number of ketones is 1. The average Bonchev–Trinajstić information content (AvgIpc) is 3.33. The number of hydrogen-bond donors (Lipinski definition) is 0. The number of Topliss-reactive ketones (excluding diaryl/α,β-unsaturated/α-hetero) is 1. The van der Waals surface area contributed by atoms with E-state index in [9.17, 15) is 18.8 Å². The van der Waals surface area contributed by atoms with Gasteiger partial charge in [-0.05, 0) is 55.0 Å². The summed E-state index contributed by atoms with van der Waals surface area (Å²) in [7, 11) is 1.39. The number of halogens is 2. The number of methoxy groups -OCH3 is 1. The van der Waals surface area contributed by atoms with Crippen molar-refractivity contribution in [1.82, 2.24) is 9.38 Å². The van der Waals surface area contributed by atoms with Gasteiger partial charge in [0.05, 0.1) is 31.7 Å². The van der Waals surface area contributed by atoms with Crippen LogP contribution in [-0.4, -0.2) is 42.1 Å². The van der Waals surface area contributed by atoms with Crippen LogP contribution in [0.4, 0.5) is 8.78 Å². The Morgan fingerprint density at radius 2 is 2.15 bits per heavy atom. The maximum absolute atomic E-state index is 13.2. The molecular formula is C25H23F2N3O4. The second-order valence-corrected chi connectivity index (χ2v) is 8.78. The number of fused-ring (bicyclic) bond motifs is 1. The van der Waals surface area contributed by atoms with Gasteiger partial charge in [-0.15, -0.1) is 0 Å². The third-order valence-electron chi connectivity index (χ3n) is 6.55. The van der Waals surface area contributed by atoms with Gasteiger partial charge in [0.1, 0.15) is 28.1 Å². The number of rotatable bonds is 8. The first-order chi connectivity index (χ1) is 16.4. The Bertz CT molecular complexity index is 1290. The molecule has 1 unspecified atom stereocenters. The first-order valence-electron chi connectivity index (χ1n) is 11.1. The van der Waals surface area contributed by atoms with Gasteiger partial charge in [0.15, 0.2) is 5.78 Å². The molecule has 2 aromatic heterocycles. The molecule has 1 aliphatic carbocycles. The predicted octanol–water partition coefficient (Wildman–Crippen LogP) is 4.78. The van der Waals surface area contributed by atoms with Gasteiger partial charge in [-0.2, -0.15) is 14.0 Å². The SMILES string of the molecule is COc1cc(-c2cnc3cc(C4(C#N)CCOC4)ccn23)cc(OC(F)F)c1C(=O)CC1CC1. The maximum Gasteiger partial charge on any atom is 0.387 e. The third-order valence-corrected chi connectivity index (χ3v) is 6.55. The van der Waals surface area contributed by atoms with E-state index in [4.69, 9.17) is 14.2 Å². The van der Waals surface area contributed by atoms with Crippen LogP contribution < -0.4 is 9.47 Å². The zero-order chi connectivity index (χ0) is 23.9. The molecule has 3 aromatic rings. The molecule has 1 aliphatic heterocycles. The fourth-order valence-corrected chi connectivity index (χ4v) is 4.49. The molecule has 176 valence electrons. The average molecular weight is 467 g/mol. The second kappa shape index (κ2) is 8.69. The molecule has 1 atom stereocenters. The van der Waals surface area contributed by atoms with Crippen molar-refractivity contribution in [2.75, 3.05) is 20.3 Å². The van der Waals surface area contributed by atoms with E-state index < -0.39 is 12.0 Å². The van der Waals surface area contributed by atoms with E-state index >= 15 is 0 Å². The number of pyridine rings is 1. The summed E-state index contributed by atoms with van der Waals surface area (Å²) in [6, 6.07) is 9.12. The molecule has 9 heteroatoms. The number of carbonyl (C=O) groups is 1. The summed E-state index contributed by atoms with van der Waals surface area (Å²) >= 11 is 0. The molecule has 1 saturated carbocycles. The van der Waals surface area contributed by atoms with Crippen LogP contribution in [0.2, 0.25) is 0 Å². The van der Waals surface area contributed by atoms with Crippen LogP contribution >= 0.6 is 0 Å². The molecule has 0 radical (unpaired) electrons. The Morgan fingerprint density at radius 3 is 2.79 bits per heavy atom. The van der Waals surface area contributed by atoms with E-state index in [0.29, 0.717) is 36.5 Å². The molecule has 7 nitrogen and oxygen atoms in total. The molecule has 0 amide bonds. The van der Waals surface area contributed by atoms with E-state index in [1.54, 1.807) is 22.9 Å². The van der Waals surface area contributed by atoms with Gasteiger partial charge in [0, 0.05) is 24.8 Å². The first-order valence-corrected chi connectivity index (χ1v) is 11.1. The summed E-state index contributed by atoms with van der Waals surface area (Å²) in [5.41, 5.74) is 1.85. The highest BCUT2D eigenvalue weighted by Crippen LogP contribution is 2.41. The summed E-state index contributed by atoms with van der Waals surface area (Å²) in [5, 5.41) is 9.74. The first kappa shape index (κ1) is 22.3. The van der Waals surface area contributed by atoms with Crippen molar-refractivity contribution in [3.8, 4) is 28.8 Å². The minimum absolute atomic E-state index is 0.0340. The molecule has 0 spiro atoms. The van der Waals surface area contributed by atoms with Crippen LogP contribution in [0.5, 0.6) is 11.5 Å². The van der Waals surface area contributed by atoms with Crippen LogP contribution in [0.3, 0.4) is 0 Å². The standard InChI is InChI=1S/C25H23F2N3O4/c1-32-20-9-16(10-21(34-24(26)27)23(20)19(31)8-15-2-3-15)18-12-29-22-11-17(4-6-30(18)22)25(13-28)5-7-33-14-25/h4,6,9-12,15,24H,2-3,5,7-8,14H2,1H3. The van der Waals surface area contributed by atoms with Gasteiger partial charge < -0.3 is 14.2 Å². The number of nitriles is 1. The molecule has 0 N–H and O–H groups in total. The van der Waals surface area contributed by atoms with Crippen molar-refractivity contribution in [3.63, 3.8) is 0 Å². The lowest BCUT2D eigenvalue weighted by atomic mass is 9.82. The van der Waals surface area contributed by atoms with Gasteiger partial charge in [0.2, 0.25) is 0 Å². The fourth-order valence-electron chi connectivity index (χ4n) is 4.49. The minimum atomic E-state index is -3.09. The summed E-state index contributed by atoms with van der Waals surface area (Å²) in [5.74, 6) is -0.0267. The van der Waals surface area contributed by atoms with Crippen molar-refractivity contribution < 1.29 is 27.8 Å². The molecule has 2 aliphatic rings.